The van der Waals surface area contributed by atoms with Gasteiger partial charge in [-0.15, -0.1) is 0 Å². The van der Waals surface area contributed by atoms with Gasteiger partial charge in [0.15, 0.2) is 9.84 Å². The Balaban J connectivity index is 2.12. The lowest BCUT2D eigenvalue weighted by Crippen LogP contribution is -2.20. The molecule has 0 fully saturated rings. The van der Waals surface area contributed by atoms with Crippen LogP contribution in [0.2, 0.25) is 0 Å². The van der Waals surface area contributed by atoms with Gasteiger partial charge in [-0.1, -0.05) is 82.9 Å². The van der Waals surface area contributed by atoms with Crippen LogP contribution < -0.4 is 0 Å². The first kappa shape index (κ1) is 20.2. The first-order valence-corrected chi connectivity index (χ1v) is 10.7. The third kappa shape index (κ3) is 9.11. The molecule has 1 aromatic carbocycles. The highest BCUT2D eigenvalue weighted by Crippen LogP contribution is 2.15. The van der Waals surface area contributed by atoms with Gasteiger partial charge in [0.2, 0.25) is 0 Å². The summed E-state index contributed by atoms with van der Waals surface area (Å²) >= 11 is 0. The van der Waals surface area contributed by atoms with Crippen LogP contribution in [0.3, 0.4) is 0 Å². The lowest BCUT2D eigenvalue weighted by Gasteiger charge is -2.11. The molecule has 1 aromatic rings. The topological polar surface area (TPSA) is 54.4 Å². The molecule has 0 saturated heterocycles. The van der Waals surface area contributed by atoms with Crippen LogP contribution in [0.4, 0.5) is 0 Å². The standard InChI is InChI=1S/C19H32O3S/c1-2-3-4-5-6-7-8-9-11-14-18(20)17-23(21,22)19-15-12-10-13-16-19/h10,12-13,15-16,18,20H,2-9,11,14,17H2,1H3/t18-/m0/s1. The maximum atomic E-state index is 12.1. The second-order valence-electron chi connectivity index (χ2n) is 6.37. The van der Waals surface area contributed by atoms with Crippen LogP contribution in [-0.2, 0) is 9.84 Å². The van der Waals surface area contributed by atoms with Gasteiger partial charge in [0.1, 0.15) is 0 Å². The molecule has 3 nitrogen and oxygen atoms in total. The molecule has 0 bridgehead atoms. The van der Waals surface area contributed by atoms with Gasteiger partial charge >= 0.3 is 0 Å². The van der Waals surface area contributed by atoms with Crippen LogP contribution in [0.25, 0.3) is 0 Å². The molecule has 23 heavy (non-hydrogen) atoms. The minimum Gasteiger partial charge on any atom is -0.392 e. The van der Waals surface area contributed by atoms with Gasteiger partial charge in [0.05, 0.1) is 16.8 Å². The number of benzene rings is 1. The van der Waals surface area contributed by atoms with Gasteiger partial charge in [0.25, 0.3) is 0 Å². The van der Waals surface area contributed by atoms with Crippen LogP contribution >= 0.6 is 0 Å². The Hall–Kier alpha value is -0.870. The highest BCUT2D eigenvalue weighted by Gasteiger charge is 2.18. The summed E-state index contributed by atoms with van der Waals surface area (Å²) in [5, 5.41) is 9.97. The van der Waals surface area contributed by atoms with Crippen molar-refractivity contribution in [2.24, 2.45) is 0 Å². The zero-order valence-electron chi connectivity index (χ0n) is 14.4. The van der Waals surface area contributed by atoms with Crippen molar-refractivity contribution >= 4 is 9.84 Å². The van der Waals surface area contributed by atoms with Gasteiger partial charge in [0, 0.05) is 0 Å². The number of rotatable bonds is 13. The van der Waals surface area contributed by atoms with E-state index in [0.29, 0.717) is 11.3 Å². The number of hydrogen-bond acceptors (Lipinski definition) is 3. The normalized spacial score (nSPS) is 13.1. The fourth-order valence-corrected chi connectivity index (χ4v) is 4.19. The lowest BCUT2D eigenvalue weighted by molar-refractivity contribution is 0.182. The second-order valence-corrected chi connectivity index (χ2v) is 8.40. The molecule has 0 aliphatic carbocycles. The van der Waals surface area contributed by atoms with Gasteiger partial charge in [-0.05, 0) is 18.6 Å². The molecule has 1 rings (SSSR count). The highest BCUT2D eigenvalue weighted by molar-refractivity contribution is 7.91. The molecular weight excluding hydrogens is 308 g/mol. The number of aliphatic hydroxyl groups excluding tert-OH is 1. The molecule has 132 valence electrons. The smallest absolute Gasteiger partial charge is 0.180 e. The molecule has 0 spiro atoms. The molecule has 0 heterocycles. The van der Waals surface area contributed by atoms with Gasteiger partial charge in [-0.2, -0.15) is 0 Å². The average Bonchev–Trinajstić information content (AvgIpc) is 2.54. The zero-order chi connectivity index (χ0) is 17.0. The fourth-order valence-electron chi connectivity index (χ4n) is 2.75. The van der Waals surface area contributed by atoms with Crippen molar-refractivity contribution in [3.05, 3.63) is 30.3 Å². The SMILES string of the molecule is CCCCCCCCCCC[C@H](O)CS(=O)(=O)c1ccccc1. The van der Waals surface area contributed by atoms with E-state index in [1.54, 1.807) is 30.3 Å². The molecule has 0 aromatic heterocycles. The van der Waals surface area contributed by atoms with Crippen molar-refractivity contribution in [3.63, 3.8) is 0 Å². The van der Waals surface area contributed by atoms with Gasteiger partial charge in [-0.3, -0.25) is 0 Å². The van der Waals surface area contributed by atoms with Crippen LogP contribution in [-0.4, -0.2) is 25.4 Å². The molecule has 1 atom stereocenters. The second kappa shape index (κ2) is 11.6. The summed E-state index contributed by atoms with van der Waals surface area (Å²) in [6, 6.07) is 8.37. The van der Waals surface area contributed by atoms with Crippen molar-refractivity contribution in [2.75, 3.05) is 5.75 Å². The fraction of sp³-hybridized carbons (Fsp3) is 0.684. The summed E-state index contributed by atoms with van der Waals surface area (Å²) in [7, 11) is -3.37. The van der Waals surface area contributed by atoms with Crippen molar-refractivity contribution in [1.82, 2.24) is 0 Å². The lowest BCUT2D eigenvalue weighted by atomic mass is 10.1. The van der Waals surface area contributed by atoms with Gasteiger partial charge < -0.3 is 5.11 Å². The molecule has 0 unspecified atom stereocenters. The maximum Gasteiger partial charge on any atom is 0.180 e. The predicted octanol–water partition coefficient (Wildman–Crippen LogP) is 4.74. The summed E-state index contributed by atoms with van der Waals surface area (Å²) < 4.78 is 24.3. The van der Waals surface area contributed by atoms with E-state index in [9.17, 15) is 13.5 Å². The Morgan fingerprint density at radius 3 is 1.96 bits per heavy atom. The zero-order valence-corrected chi connectivity index (χ0v) is 15.2. The largest absolute Gasteiger partial charge is 0.392 e. The average molecular weight is 341 g/mol. The van der Waals surface area contributed by atoms with Crippen LogP contribution in [0.15, 0.2) is 35.2 Å². The number of sulfone groups is 1. The Labute approximate surface area is 142 Å². The third-order valence-corrected chi connectivity index (χ3v) is 5.97. The molecule has 0 aliphatic rings. The van der Waals surface area contributed by atoms with Crippen molar-refractivity contribution in [1.29, 1.82) is 0 Å². The van der Waals surface area contributed by atoms with E-state index in [1.807, 2.05) is 0 Å². The Kier molecular flexibility index (Phi) is 10.2. The molecule has 0 radical (unpaired) electrons. The van der Waals surface area contributed by atoms with E-state index in [-0.39, 0.29) is 5.75 Å². The van der Waals surface area contributed by atoms with Crippen LogP contribution in [0.1, 0.15) is 71.1 Å². The van der Waals surface area contributed by atoms with Gasteiger partial charge in [-0.25, -0.2) is 8.42 Å². The summed E-state index contributed by atoms with van der Waals surface area (Å²) in [5.41, 5.74) is 0. The summed E-state index contributed by atoms with van der Waals surface area (Å²) in [6.45, 7) is 2.23. The molecule has 1 N–H and O–H groups in total. The number of aliphatic hydroxyl groups is 1. The van der Waals surface area contributed by atoms with Crippen LogP contribution in [0, 0.1) is 0 Å². The molecule has 4 heteroatoms. The van der Waals surface area contributed by atoms with Crippen molar-refractivity contribution in [2.45, 2.75) is 82.1 Å². The van der Waals surface area contributed by atoms with E-state index in [0.717, 1.165) is 12.8 Å². The van der Waals surface area contributed by atoms with E-state index >= 15 is 0 Å². The predicted molar refractivity (Wildman–Crippen MR) is 96.3 cm³/mol. The van der Waals surface area contributed by atoms with E-state index < -0.39 is 15.9 Å². The highest BCUT2D eigenvalue weighted by atomic mass is 32.2. The van der Waals surface area contributed by atoms with E-state index in [2.05, 4.69) is 6.92 Å². The third-order valence-electron chi connectivity index (χ3n) is 4.16. The van der Waals surface area contributed by atoms with Crippen molar-refractivity contribution in [3.8, 4) is 0 Å². The summed E-state index contributed by atoms with van der Waals surface area (Å²) in [4.78, 5) is 0.297. The number of hydrogen-bond donors (Lipinski definition) is 1. The maximum absolute atomic E-state index is 12.1. The first-order valence-electron chi connectivity index (χ1n) is 9.02. The Bertz CT molecular complexity index is 497. The summed E-state index contributed by atoms with van der Waals surface area (Å²) in [6.07, 6.45) is 10.8. The first-order chi connectivity index (χ1) is 11.1. The molecule has 0 saturated carbocycles. The van der Waals surface area contributed by atoms with E-state index in [1.165, 1.54) is 44.9 Å². The molecule has 0 aliphatic heterocycles. The quantitative estimate of drug-likeness (QED) is 0.528. The molecular formula is C19H32O3S. The minimum atomic E-state index is -3.37. The monoisotopic (exact) mass is 340 g/mol. The summed E-state index contributed by atoms with van der Waals surface area (Å²) in [5.74, 6) is -0.173. The minimum absolute atomic E-state index is 0.173. The Morgan fingerprint density at radius 1 is 0.870 bits per heavy atom. The van der Waals surface area contributed by atoms with Crippen molar-refractivity contribution < 1.29 is 13.5 Å². The van der Waals surface area contributed by atoms with E-state index in [4.69, 9.17) is 0 Å². The van der Waals surface area contributed by atoms with Crippen LogP contribution in [0.5, 0.6) is 0 Å². The Morgan fingerprint density at radius 2 is 1.39 bits per heavy atom. The molecule has 0 amide bonds. The number of unbranched alkanes of at least 4 members (excludes halogenated alkanes) is 8.